The average Bonchev–Trinajstić information content (AvgIpc) is 2.45. The highest BCUT2D eigenvalue weighted by Crippen LogP contribution is 2.28. The van der Waals surface area contributed by atoms with Crippen molar-refractivity contribution in [1.82, 2.24) is 5.16 Å². The standard InChI is InChI=1S/C11H15NO3/c1-7(2)14-11-10-8(13)5-3-4-6-9(10)15-12-11/h7H,3-6H2,1-2H3. The fourth-order valence-electron chi connectivity index (χ4n) is 1.75. The van der Waals surface area contributed by atoms with Crippen molar-refractivity contribution in [3.8, 4) is 5.88 Å². The lowest BCUT2D eigenvalue weighted by Crippen LogP contribution is -2.09. The van der Waals surface area contributed by atoms with E-state index in [2.05, 4.69) is 5.16 Å². The fourth-order valence-corrected chi connectivity index (χ4v) is 1.75. The summed E-state index contributed by atoms with van der Waals surface area (Å²) >= 11 is 0. The van der Waals surface area contributed by atoms with Gasteiger partial charge in [0.1, 0.15) is 5.56 Å². The Labute approximate surface area is 88.6 Å². The molecule has 1 aliphatic rings. The first-order chi connectivity index (χ1) is 7.18. The highest BCUT2D eigenvalue weighted by Gasteiger charge is 2.26. The van der Waals surface area contributed by atoms with E-state index in [1.54, 1.807) is 0 Å². The van der Waals surface area contributed by atoms with Gasteiger partial charge in [0.15, 0.2) is 11.5 Å². The number of ketones is 1. The van der Waals surface area contributed by atoms with Crippen molar-refractivity contribution in [1.29, 1.82) is 0 Å². The van der Waals surface area contributed by atoms with Crippen LogP contribution in [0.15, 0.2) is 4.52 Å². The van der Waals surface area contributed by atoms with E-state index < -0.39 is 0 Å². The van der Waals surface area contributed by atoms with E-state index in [4.69, 9.17) is 9.26 Å². The Kier molecular flexibility index (Phi) is 2.75. The molecule has 0 aliphatic heterocycles. The molecule has 0 amide bonds. The van der Waals surface area contributed by atoms with Crippen LogP contribution in [-0.2, 0) is 6.42 Å². The summed E-state index contributed by atoms with van der Waals surface area (Å²) in [5, 5.41) is 3.81. The number of hydrogen-bond donors (Lipinski definition) is 0. The zero-order chi connectivity index (χ0) is 10.8. The normalized spacial score (nSPS) is 16.3. The van der Waals surface area contributed by atoms with Crippen LogP contribution in [0.5, 0.6) is 5.88 Å². The highest BCUT2D eigenvalue weighted by atomic mass is 16.5. The van der Waals surface area contributed by atoms with Crippen molar-refractivity contribution in [2.45, 2.75) is 45.6 Å². The van der Waals surface area contributed by atoms with Crippen molar-refractivity contribution >= 4 is 5.78 Å². The smallest absolute Gasteiger partial charge is 0.265 e. The summed E-state index contributed by atoms with van der Waals surface area (Å²) in [6.45, 7) is 3.81. The lowest BCUT2D eigenvalue weighted by molar-refractivity contribution is 0.0976. The van der Waals surface area contributed by atoms with Gasteiger partial charge < -0.3 is 9.26 Å². The molecule has 1 aliphatic carbocycles. The summed E-state index contributed by atoms with van der Waals surface area (Å²) in [7, 11) is 0. The zero-order valence-electron chi connectivity index (χ0n) is 9.08. The summed E-state index contributed by atoms with van der Waals surface area (Å²) in [4.78, 5) is 11.8. The first-order valence-corrected chi connectivity index (χ1v) is 5.37. The second-order valence-corrected chi connectivity index (χ2v) is 4.08. The third-order valence-electron chi connectivity index (χ3n) is 2.42. The Morgan fingerprint density at radius 2 is 2.07 bits per heavy atom. The van der Waals surface area contributed by atoms with E-state index in [1.807, 2.05) is 13.8 Å². The molecule has 4 heteroatoms. The van der Waals surface area contributed by atoms with Gasteiger partial charge in [0.05, 0.1) is 6.10 Å². The van der Waals surface area contributed by atoms with Gasteiger partial charge in [0, 0.05) is 12.8 Å². The molecule has 15 heavy (non-hydrogen) atoms. The molecule has 0 radical (unpaired) electrons. The summed E-state index contributed by atoms with van der Waals surface area (Å²) in [5.74, 6) is 1.15. The molecular weight excluding hydrogens is 194 g/mol. The van der Waals surface area contributed by atoms with Crippen molar-refractivity contribution in [2.24, 2.45) is 0 Å². The molecule has 0 atom stereocenters. The predicted octanol–water partition coefficient (Wildman–Crippen LogP) is 2.37. The summed E-state index contributed by atoms with van der Waals surface area (Å²) in [6, 6.07) is 0. The maximum atomic E-state index is 11.8. The Morgan fingerprint density at radius 3 is 2.80 bits per heavy atom. The lowest BCUT2D eigenvalue weighted by atomic mass is 10.1. The molecule has 2 rings (SSSR count). The van der Waals surface area contributed by atoms with Gasteiger partial charge in [-0.1, -0.05) is 0 Å². The van der Waals surface area contributed by atoms with Gasteiger partial charge in [-0.15, -0.1) is 0 Å². The molecule has 0 aromatic carbocycles. The van der Waals surface area contributed by atoms with Gasteiger partial charge in [-0.05, 0) is 31.8 Å². The minimum absolute atomic E-state index is 0.00949. The number of fused-ring (bicyclic) bond motifs is 1. The Balaban J connectivity index is 2.33. The summed E-state index contributed by atoms with van der Waals surface area (Å²) in [6.07, 6.45) is 3.27. The number of ether oxygens (including phenoxy) is 1. The van der Waals surface area contributed by atoms with Crippen molar-refractivity contribution in [2.75, 3.05) is 0 Å². The van der Waals surface area contributed by atoms with Gasteiger partial charge in [-0.3, -0.25) is 4.79 Å². The van der Waals surface area contributed by atoms with Crippen LogP contribution in [0, 0.1) is 0 Å². The molecule has 1 aromatic rings. The van der Waals surface area contributed by atoms with Crippen LogP contribution in [0.2, 0.25) is 0 Å². The van der Waals surface area contributed by atoms with E-state index in [0.29, 0.717) is 23.6 Å². The monoisotopic (exact) mass is 209 g/mol. The molecule has 1 aromatic heterocycles. The molecule has 0 N–H and O–H groups in total. The molecule has 1 heterocycles. The topological polar surface area (TPSA) is 52.3 Å². The van der Waals surface area contributed by atoms with E-state index >= 15 is 0 Å². The summed E-state index contributed by atoms with van der Waals surface area (Å²) < 4.78 is 10.6. The molecule has 0 unspecified atom stereocenters. The predicted molar refractivity (Wildman–Crippen MR) is 54.2 cm³/mol. The van der Waals surface area contributed by atoms with Gasteiger partial charge in [0.25, 0.3) is 5.88 Å². The van der Waals surface area contributed by atoms with Crippen LogP contribution in [0.1, 0.15) is 49.2 Å². The molecule has 82 valence electrons. The third-order valence-corrected chi connectivity index (χ3v) is 2.42. The van der Waals surface area contributed by atoms with Crippen molar-refractivity contribution in [3.05, 3.63) is 11.3 Å². The largest absolute Gasteiger partial charge is 0.472 e. The van der Waals surface area contributed by atoms with Crippen LogP contribution < -0.4 is 4.74 Å². The second-order valence-electron chi connectivity index (χ2n) is 4.08. The van der Waals surface area contributed by atoms with Crippen LogP contribution in [0.25, 0.3) is 0 Å². The number of carbonyl (C=O) groups is 1. The number of nitrogens with zero attached hydrogens (tertiary/aromatic N) is 1. The van der Waals surface area contributed by atoms with Crippen LogP contribution >= 0.6 is 0 Å². The number of aromatic nitrogens is 1. The minimum Gasteiger partial charge on any atom is -0.472 e. The number of carbonyl (C=O) groups excluding carboxylic acids is 1. The molecule has 0 bridgehead atoms. The highest BCUT2D eigenvalue weighted by molar-refractivity contribution is 5.99. The molecule has 0 saturated heterocycles. The van der Waals surface area contributed by atoms with Crippen LogP contribution in [0.4, 0.5) is 0 Å². The quantitative estimate of drug-likeness (QED) is 0.702. The molecule has 0 fully saturated rings. The average molecular weight is 209 g/mol. The third kappa shape index (κ3) is 2.03. The number of aryl methyl sites for hydroxylation is 1. The van der Waals surface area contributed by atoms with Gasteiger partial charge in [0.2, 0.25) is 0 Å². The van der Waals surface area contributed by atoms with Crippen LogP contribution in [0.3, 0.4) is 0 Å². The Hall–Kier alpha value is -1.32. The number of Topliss-reactive ketones (excluding diaryl/α,β-unsaturated/α-hetero) is 1. The molecule has 0 saturated carbocycles. The van der Waals surface area contributed by atoms with E-state index in [0.717, 1.165) is 19.3 Å². The van der Waals surface area contributed by atoms with Gasteiger partial charge in [-0.25, -0.2) is 0 Å². The van der Waals surface area contributed by atoms with Gasteiger partial charge in [-0.2, -0.15) is 0 Å². The van der Waals surface area contributed by atoms with Crippen molar-refractivity contribution < 1.29 is 14.1 Å². The number of rotatable bonds is 2. The maximum absolute atomic E-state index is 11.8. The first kappa shape index (κ1) is 10.2. The molecule has 4 nitrogen and oxygen atoms in total. The van der Waals surface area contributed by atoms with Crippen LogP contribution in [-0.4, -0.2) is 17.0 Å². The lowest BCUT2D eigenvalue weighted by Gasteiger charge is -2.06. The zero-order valence-corrected chi connectivity index (χ0v) is 9.08. The van der Waals surface area contributed by atoms with E-state index in [-0.39, 0.29) is 11.9 Å². The second kappa shape index (κ2) is 4.04. The van der Waals surface area contributed by atoms with Crippen molar-refractivity contribution in [3.63, 3.8) is 0 Å². The Bertz CT molecular complexity index is 368. The van der Waals surface area contributed by atoms with Gasteiger partial charge >= 0.3 is 0 Å². The molecular formula is C11H15NO3. The fraction of sp³-hybridized carbons (Fsp3) is 0.636. The number of hydrogen-bond acceptors (Lipinski definition) is 4. The minimum atomic E-state index is 0.00949. The Morgan fingerprint density at radius 1 is 1.33 bits per heavy atom. The maximum Gasteiger partial charge on any atom is 0.265 e. The summed E-state index contributed by atoms with van der Waals surface area (Å²) in [5.41, 5.74) is 0.571. The van der Waals surface area contributed by atoms with E-state index in [1.165, 1.54) is 0 Å². The molecule has 0 spiro atoms. The first-order valence-electron chi connectivity index (χ1n) is 5.37. The van der Waals surface area contributed by atoms with E-state index in [9.17, 15) is 4.79 Å². The SMILES string of the molecule is CC(C)Oc1noc2c1C(=O)CCCC2.